The molecule has 1 saturated heterocycles. The van der Waals surface area contributed by atoms with Gasteiger partial charge in [0, 0.05) is 12.6 Å². The van der Waals surface area contributed by atoms with E-state index in [4.69, 9.17) is 16.3 Å². The molecule has 18 heavy (non-hydrogen) atoms. The molecule has 0 N–H and O–H groups in total. The van der Waals surface area contributed by atoms with Crippen molar-refractivity contribution in [1.82, 2.24) is 9.97 Å². The van der Waals surface area contributed by atoms with E-state index in [9.17, 15) is 0 Å². The molecule has 0 saturated carbocycles. The lowest BCUT2D eigenvalue weighted by atomic mass is 10.2. The van der Waals surface area contributed by atoms with Crippen LogP contribution in [0.3, 0.4) is 0 Å². The van der Waals surface area contributed by atoms with E-state index in [-0.39, 0.29) is 0 Å². The highest BCUT2D eigenvalue weighted by atomic mass is 35.5. The van der Waals surface area contributed by atoms with Crippen molar-refractivity contribution in [3.8, 4) is 0 Å². The van der Waals surface area contributed by atoms with Crippen LogP contribution in [0.5, 0.6) is 0 Å². The molecule has 3 heterocycles. The lowest BCUT2D eigenvalue weighted by molar-refractivity contribution is 0.0989. The number of anilines is 1. The number of morpholine rings is 1. The molecule has 3 rings (SSSR count). The number of aromatic nitrogens is 2. The molecule has 0 aliphatic carbocycles. The van der Waals surface area contributed by atoms with Gasteiger partial charge in [0.05, 0.1) is 36.1 Å². The van der Waals surface area contributed by atoms with Crippen LogP contribution < -0.4 is 4.90 Å². The van der Waals surface area contributed by atoms with E-state index in [1.165, 1.54) is 0 Å². The molecule has 0 amide bonds. The second-order valence-electron chi connectivity index (χ2n) is 4.48. The first-order valence-corrected chi connectivity index (χ1v) is 6.38. The molecule has 2 aromatic heterocycles. The highest BCUT2D eigenvalue weighted by molar-refractivity contribution is 6.29. The molecular weight excluding hydrogens is 250 g/mol. The summed E-state index contributed by atoms with van der Waals surface area (Å²) in [5.74, 6) is 0. The van der Waals surface area contributed by atoms with E-state index in [2.05, 4.69) is 21.8 Å². The third-order valence-corrected chi connectivity index (χ3v) is 3.40. The Hall–Kier alpha value is -1.39. The summed E-state index contributed by atoms with van der Waals surface area (Å²) in [6.45, 7) is 4.54. The molecule has 5 heteroatoms. The van der Waals surface area contributed by atoms with Crippen molar-refractivity contribution in [2.75, 3.05) is 24.7 Å². The van der Waals surface area contributed by atoms with E-state index in [1.807, 2.05) is 18.3 Å². The monoisotopic (exact) mass is 263 g/mol. The first kappa shape index (κ1) is 11.7. The zero-order valence-corrected chi connectivity index (χ0v) is 10.9. The molecule has 2 aromatic rings. The Bertz CT molecular complexity index is 575. The van der Waals surface area contributed by atoms with E-state index >= 15 is 0 Å². The van der Waals surface area contributed by atoms with Crippen molar-refractivity contribution >= 4 is 28.3 Å². The van der Waals surface area contributed by atoms with E-state index in [0.29, 0.717) is 11.2 Å². The summed E-state index contributed by atoms with van der Waals surface area (Å²) in [5.41, 5.74) is 2.77. The van der Waals surface area contributed by atoms with Gasteiger partial charge in [-0.3, -0.25) is 4.98 Å². The molecule has 1 atom stereocenters. The molecule has 1 aliphatic heterocycles. The predicted molar refractivity (Wildman–Crippen MR) is 72.2 cm³/mol. The molecular formula is C13H14ClN3O. The first-order valence-electron chi connectivity index (χ1n) is 6.01. The average molecular weight is 264 g/mol. The van der Waals surface area contributed by atoms with Crippen molar-refractivity contribution in [3.63, 3.8) is 0 Å². The molecule has 0 radical (unpaired) electrons. The van der Waals surface area contributed by atoms with Crippen LogP contribution in [0.2, 0.25) is 5.15 Å². The fraction of sp³-hybridized carbons (Fsp3) is 0.385. The smallest absolute Gasteiger partial charge is 0.129 e. The summed E-state index contributed by atoms with van der Waals surface area (Å²) in [5, 5.41) is 0.497. The number of ether oxygens (including phenoxy) is 1. The fourth-order valence-electron chi connectivity index (χ4n) is 2.24. The van der Waals surface area contributed by atoms with Crippen LogP contribution in [-0.2, 0) is 4.74 Å². The van der Waals surface area contributed by atoms with E-state index in [1.54, 1.807) is 6.07 Å². The van der Waals surface area contributed by atoms with Crippen molar-refractivity contribution in [3.05, 3.63) is 29.5 Å². The summed E-state index contributed by atoms with van der Waals surface area (Å²) in [4.78, 5) is 11.0. The number of hydrogen-bond donors (Lipinski definition) is 0. The summed E-state index contributed by atoms with van der Waals surface area (Å²) in [7, 11) is 0. The highest BCUT2D eigenvalue weighted by Crippen LogP contribution is 2.23. The summed E-state index contributed by atoms with van der Waals surface area (Å²) < 4.78 is 5.44. The third kappa shape index (κ3) is 2.13. The van der Waals surface area contributed by atoms with Gasteiger partial charge in [0.2, 0.25) is 0 Å². The molecule has 0 bridgehead atoms. The number of fused-ring (bicyclic) bond motifs is 1. The lowest BCUT2D eigenvalue weighted by Crippen LogP contribution is -2.43. The number of pyridine rings is 2. The zero-order chi connectivity index (χ0) is 12.5. The molecule has 1 fully saturated rings. The second-order valence-corrected chi connectivity index (χ2v) is 4.87. The quantitative estimate of drug-likeness (QED) is 0.741. The van der Waals surface area contributed by atoms with Gasteiger partial charge in [0.1, 0.15) is 5.15 Å². The number of nitrogens with zero attached hydrogens (tertiary/aromatic N) is 3. The van der Waals surface area contributed by atoms with E-state index < -0.39 is 0 Å². The van der Waals surface area contributed by atoms with Gasteiger partial charge in [0.25, 0.3) is 0 Å². The summed E-state index contributed by atoms with van der Waals surface area (Å²) >= 11 is 5.91. The molecule has 0 unspecified atom stereocenters. The van der Waals surface area contributed by atoms with Crippen LogP contribution in [0.25, 0.3) is 11.0 Å². The van der Waals surface area contributed by atoms with Crippen LogP contribution in [0.4, 0.5) is 5.69 Å². The second kappa shape index (κ2) is 4.71. The molecule has 0 aromatic carbocycles. The number of rotatable bonds is 1. The van der Waals surface area contributed by atoms with Crippen molar-refractivity contribution in [2.24, 2.45) is 0 Å². The molecule has 4 nitrogen and oxygen atoms in total. The SMILES string of the molecule is C[C@@H]1COCCN1c1cnc2ccc(Cl)nc2c1. The topological polar surface area (TPSA) is 38.2 Å². The van der Waals surface area contributed by atoms with Crippen LogP contribution in [0.15, 0.2) is 24.4 Å². The van der Waals surface area contributed by atoms with Gasteiger partial charge in [-0.05, 0) is 25.1 Å². The Kier molecular flexibility index (Phi) is 3.06. The van der Waals surface area contributed by atoms with Gasteiger partial charge < -0.3 is 9.64 Å². The Labute approximate surface area is 111 Å². The van der Waals surface area contributed by atoms with Crippen LogP contribution in [0, 0.1) is 0 Å². The van der Waals surface area contributed by atoms with Gasteiger partial charge in [-0.25, -0.2) is 4.98 Å². The van der Waals surface area contributed by atoms with Gasteiger partial charge in [-0.15, -0.1) is 0 Å². The predicted octanol–water partition coefficient (Wildman–Crippen LogP) is 2.51. The maximum atomic E-state index is 5.91. The van der Waals surface area contributed by atoms with Crippen molar-refractivity contribution < 1.29 is 4.74 Å². The minimum atomic E-state index is 0.359. The Morgan fingerprint density at radius 3 is 3.11 bits per heavy atom. The number of halogens is 1. The van der Waals surface area contributed by atoms with E-state index in [0.717, 1.165) is 36.5 Å². The van der Waals surface area contributed by atoms with Crippen LogP contribution >= 0.6 is 11.6 Å². The first-order chi connectivity index (χ1) is 8.74. The molecule has 1 aliphatic rings. The van der Waals surface area contributed by atoms with Gasteiger partial charge in [0.15, 0.2) is 0 Å². The van der Waals surface area contributed by atoms with Crippen LogP contribution in [0.1, 0.15) is 6.92 Å². The Morgan fingerprint density at radius 2 is 2.28 bits per heavy atom. The minimum absolute atomic E-state index is 0.359. The van der Waals surface area contributed by atoms with Crippen molar-refractivity contribution in [1.29, 1.82) is 0 Å². The zero-order valence-electron chi connectivity index (χ0n) is 10.1. The maximum Gasteiger partial charge on any atom is 0.129 e. The van der Waals surface area contributed by atoms with Gasteiger partial charge in [-0.2, -0.15) is 0 Å². The van der Waals surface area contributed by atoms with Crippen LogP contribution in [-0.4, -0.2) is 35.8 Å². The largest absolute Gasteiger partial charge is 0.377 e. The lowest BCUT2D eigenvalue weighted by Gasteiger charge is -2.35. The Balaban J connectivity index is 2.01. The number of hydrogen-bond acceptors (Lipinski definition) is 4. The third-order valence-electron chi connectivity index (χ3n) is 3.19. The normalized spacial score (nSPS) is 20.3. The standard InChI is InChI=1S/C13H14ClN3O/c1-9-8-18-5-4-17(9)10-6-12-11(15-7-10)2-3-13(14)16-12/h2-3,6-7,9H,4-5,8H2,1H3/t9-/m1/s1. The van der Waals surface area contributed by atoms with Gasteiger partial charge >= 0.3 is 0 Å². The molecule has 94 valence electrons. The highest BCUT2D eigenvalue weighted by Gasteiger charge is 2.19. The fourth-order valence-corrected chi connectivity index (χ4v) is 2.39. The average Bonchev–Trinajstić information content (AvgIpc) is 2.38. The molecule has 0 spiro atoms. The van der Waals surface area contributed by atoms with Crippen molar-refractivity contribution in [2.45, 2.75) is 13.0 Å². The minimum Gasteiger partial charge on any atom is -0.377 e. The maximum absolute atomic E-state index is 5.91. The summed E-state index contributed by atoms with van der Waals surface area (Å²) in [6.07, 6.45) is 1.89. The summed E-state index contributed by atoms with van der Waals surface area (Å²) in [6, 6.07) is 6.04. The van der Waals surface area contributed by atoms with Gasteiger partial charge in [-0.1, -0.05) is 11.6 Å². The Morgan fingerprint density at radius 1 is 1.39 bits per heavy atom.